The first-order chi connectivity index (χ1) is 26.8. The zero-order valence-corrected chi connectivity index (χ0v) is 28.7. The van der Waals surface area contributed by atoms with E-state index in [4.69, 9.17) is 14.7 Å². The Balaban J connectivity index is 1.21. The van der Waals surface area contributed by atoms with Crippen molar-refractivity contribution in [2.75, 3.05) is 0 Å². The van der Waals surface area contributed by atoms with Crippen LogP contribution in [-0.2, 0) is 5.41 Å². The highest BCUT2D eigenvalue weighted by Gasteiger charge is 2.54. The van der Waals surface area contributed by atoms with Crippen molar-refractivity contribution in [1.82, 2.24) is 19.1 Å². The summed E-state index contributed by atoms with van der Waals surface area (Å²) in [5.41, 5.74) is 12.1. The highest BCUT2D eigenvalue weighted by molar-refractivity contribution is 6.11. The molecule has 12 rings (SSSR count). The molecule has 0 unspecified atom stereocenters. The van der Waals surface area contributed by atoms with Gasteiger partial charge in [0, 0.05) is 56.8 Å². The number of nitriles is 1. The minimum atomic E-state index is -0.809. The van der Waals surface area contributed by atoms with Gasteiger partial charge in [0.2, 0.25) is 0 Å². The van der Waals surface area contributed by atoms with Crippen molar-refractivity contribution in [3.8, 4) is 40.3 Å². The molecule has 0 atom stereocenters. The van der Waals surface area contributed by atoms with Crippen LogP contribution in [0, 0.1) is 11.3 Å². The van der Waals surface area contributed by atoms with Crippen LogP contribution in [0.4, 0.5) is 0 Å². The lowest BCUT2D eigenvalue weighted by atomic mass is 9.65. The van der Waals surface area contributed by atoms with Gasteiger partial charge < -0.3 is 13.9 Å². The molecule has 250 valence electrons. The first-order valence-corrected chi connectivity index (χ1v) is 18.0. The van der Waals surface area contributed by atoms with E-state index >= 15 is 0 Å². The van der Waals surface area contributed by atoms with Gasteiger partial charge in [-0.25, -0.2) is 0 Å². The van der Waals surface area contributed by atoms with Crippen LogP contribution in [0.2, 0.25) is 0 Å². The summed E-state index contributed by atoms with van der Waals surface area (Å²) in [4.78, 5) is 9.98. The number of aromatic nitrogens is 4. The maximum absolute atomic E-state index is 9.87. The predicted octanol–water partition coefficient (Wildman–Crippen LogP) is 11.0. The summed E-state index contributed by atoms with van der Waals surface area (Å²) in [6.45, 7) is 0. The van der Waals surface area contributed by atoms with Crippen LogP contribution in [0.25, 0.3) is 66.4 Å². The molecule has 0 radical (unpaired) electrons. The summed E-state index contributed by atoms with van der Waals surface area (Å²) < 4.78 is 11.8. The van der Waals surface area contributed by atoms with Crippen molar-refractivity contribution in [3.05, 3.63) is 192 Å². The number of hydrogen-bond acceptors (Lipinski definition) is 4. The Kier molecular flexibility index (Phi) is 5.68. The van der Waals surface area contributed by atoms with Gasteiger partial charge in [-0.05, 0) is 77.9 Å². The molecule has 5 heterocycles. The van der Waals surface area contributed by atoms with Crippen molar-refractivity contribution in [2.45, 2.75) is 5.41 Å². The topological polar surface area (TPSA) is 68.7 Å². The van der Waals surface area contributed by atoms with Crippen molar-refractivity contribution in [3.63, 3.8) is 0 Å². The lowest BCUT2D eigenvalue weighted by Gasteiger charge is -2.40. The smallest absolute Gasteiger partial charge is 0.134 e. The number of ether oxygens (including phenoxy) is 1. The van der Waals surface area contributed by atoms with Crippen molar-refractivity contribution >= 4 is 43.6 Å². The highest BCUT2D eigenvalue weighted by Crippen LogP contribution is 2.63. The van der Waals surface area contributed by atoms with E-state index in [0.717, 1.165) is 89.4 Å². The van der Waals surface area contributed by atoms with Crippen LogP contribution in [0.15, 0.2) is 164 Å². The van der Waals surface area contributed by atoms with E-state index in [-0.39, 0.29) is 0 Å². The number of pyridine rings is 2. The lowest BCUT2D eigenvalue weighted by molar-refractivity contribution is 0.435. The minimum Gasteiger partial charge on any atom is -0.457 e. The van der Waals surface area contributed by atoms with E-state index < -0.39 is 5.41 Å². The van der Waals surface area contributed by atoms with E-state index in [1.54, 1.807) is 0 Å². The van der Waals surface area contributed by atoms with Crippen LogP contribution in [0.5, 0.6) is 11.5 Å². The zero-order valence-electron chi connectivity index (χ0n) is 28.7. The number of benzene rings is 6. The second kappa shape index (κ2) is 10.5. The quantitative estimate of drug-likeness (QED) is 0.181. The Hall–Kier alpha value is -7.49. The zero-order chi connectivity index (χ0) is 35.5. The normalized spacial score (nSPS) is 13.5. The number of nitrogens with zero attached hydrogens (tertiary/aromatic N) is 5. The predicted molar refractivity (Wildman–Crippen MR) is 213 cm³/mol. The Morgan fingerprint density at radius 3 is 1.78 bits per heavy atom. The summed E-state index contributed by atoms with van der Waals surface area (Å²) in [5.74, 6) is 1.55. The van der Waals surface area contributed by atoms with Crippen LogP contribution >= 0.6 is 0 Å². The molecule has 6 nitrogen and oxygen atoms in total. The van der Waals surface area contributed by atoms with Gasteiger partial charge in [-0.15, -0.1) is 0 Å². The van der Waals surface area contributed by atoms with Gasteiger partial charge in [-0.2, -0.15) is 5.26 Å². The standard InChI is InChI=1S/C48H27N5O/c49-28-29-20-23-41-34(26-29)33-12-3-6-17-40(33)53(41)42-18-7-19-43-45(42)48(36-13-8-24-50-46(36)47-37(48)14-9-25-51-47)35-22-21-30(27-44(35)54-43)52-38-15-4-1-10-31(38)32-11-2-5-16-39(32)52/h1-27H. The first-order valence-electron chi connectivity index (χ1n) is 18.0. The molecule has 4 aromatic heterocycles. The average molecular weight is 690 g/mol. The molecule has 1 aliphatic heterocycles. The number of hydrogen-bond donors (Lipinski definition) is 0. The van der Waals surface area contributed by atoms with Crippen molar-refractivity contribution in [1.29, 1.82) is 5.26 Å². The molecule has 0 saturated carbocycles. The third kappa shape index (κ3) is 3.58. The molecular weight excluding hydrogens is 663 g/mol. The van der Waals surface area contributed by atoms with Gasteiger partial charge in [0.15, 0.2) is 0 Å². The van der Waals surface area contributed by atoms with Crippen molar-refractivity contribution < 1.29 is 4.74 Å². The molecule has 1 aliphatic carbocycles. The maximum atomic E-state index is 9.87. The Bertz CT molecular complexity index is 3190. The molecule has 1 spiro atoms. The van der Waals surface area contributed by atoms with Crippen LogP contribution < -0.4 is 4.74 Å². The van der Waals surface area contributed by atoms with Gasteiger partial charge in [0.1, 0.15) is 11.5 Å². The molecule has 2 aliphatic rings. The van der Waals surface area contributed by atoms with E-state index in [0.29, 0.717) is 5.56 Å². The average Bonchev–Trinajstić information content (AvgIpc) is 3.85. The molecule has 54 heavy (non-hydrogen) atoms. The van der Waals surface area contributed by atoms with Crippen molar-refractivity contribution in [2.24, 2.45) is 0 Å². The van der Waals surface area contributed by atoms with Gasteiger partial charge in [-0.3, -0.25) is 9.97 Å². The fourth-order valence-electron chi connectivity index (χ4n) is 9.47. The number of fused-ring (bicyclic) bond motifs is 15. The summed E-state index contributed by atoms with van der Waals surface area (Å²) in [6.07, 6.45) is 3.71. The molecule has 0 N–H and O–H groups in total. The van der Waals surface area contributed by atoms with Crippen LogP contribution in [0.1, 0.15) is 27.8 Å². The molecule has 0 bridgehead atoms. The second-order valence-corrected chi connectivity index (χ2v) is 14.0. The molecule has 6 heteroatoms. The molecule has 0 fully saturated rings. The van der Waals surface area contributed by atoms with Crippen LogP contribution in [0.3, 0.4) is 0 Å². The first kappa shape index (κ1) is 29.1. The minimum absolute atomic E-state index is 0.629. The van der Waals surface area contributed by atoms with E-state index in [1.807, 2.05) is 36.7 Å². The number of rotatable bonds is 2. The van der Waals surface area contributed by atoms with E-state index in [2.05, 4.69) is 143 Å². The largest absolute Gasteiger partial charge is 0.457 e. The lowest BCUT2D eigenvalue weighted by Crippen LogP contribution is -2.33. The van der Waals surface area contributed by atoms with Gasteiger partial charge in [-0.1, -0.05) is 78.9 Å². The Morgan fingerprint density at radius 1 is 0.500 bits per heavy atom. The molecular formula is C48H27N5O. The third-order valence-electron chi connectivity index (χ3n) is 11.5. The van der Waals surface area contributed by atoms with Gasteiger partial charge in [0.25, 0.3) is 0 Å². The SMILES string of the molecule is N#Cc1ccc2c(c1)c1ccccc1n2-c1cccc2c1C1(c3ccc(-n4c5ccccc5c5ccccc54)cc3O2)c2cccnc2-c2ncccc21. The molecule has 0 saturated heterocycles. The second-order valence-electron chi connectivity index (χ2n) is 14.0. The fourth-order valence-corrected chi connectivity index (χ4v) is 9.47. The van der Waals surface area contributed by atoms with E-state index in [9.17, 15) is 5.26 Å². The Labute approximate surface area is 309 Å². The van der Waals surface area contributed by atoms with Gasteiger partial charge in [0.05, 0.1) is 56.2 Å². The monoisotopic (exact) mass is 689 g/mol. The highest BCUT2D eigenvalue weighted by atomic mass is 16.5. The summed E-state index contributed by atoms with van der Waals surface area (Å²) in [7, 11) is 0. The summed E-state index contributed by atoms with van der Waals surface area (Å²) in [6, 6.07) is 55.4. The van der Waals surface area contributed by atoms with E-state index in [1.165, 1.54) is 10.8 Å². The molecule has 0 amide bonds. The molecule has 6 aromatic carbocycles. The summed E-state index contributed by atoms with van der Waals surface area (Å²) in [5, 5.41) is 14.4. The van der Waals surface area contributed by atoms with Gasteiger partial charge >= 0.3 is 0 Å². The Morgan fingerprint density at radius 2 is 1.11 bits per heavy atom. The fraction of sp³-hybridized carbons (Fsp3) is 0.0208. The molecule has 10 aromatic rings. The third-order valence-corrected chi connectivity index (χ3v) is 11.5. The summed E-state index contributed by atoms with van der Waals surface area (Å²) >= 11 is 0. The number of para-hydroxylation sites is 3. The maximum Gasteiger partial charge on any atom is 0.134 e. The van der Waals surface area contributed by atoms with Crippen LogP contribution in [-0.4, -0.2) is 19.1 Å².